The Morgan fingerprint density at radius 2 is 2.21 bits per heavy atom. The van der Waals surface area contributed by atoms with Crippen LogP contribution in [-0.2, 0) is 35.3 Å². The molecule has 4 rings (SSSR count). The number of methoxy groups -OCH3 is 1. The summed E-state index contributed by atoms with van der Waals surface area (Å²) in [6.07, 6.45) is 6.47. The van der Waals surface area contributed by atoms with Crippen molar-refractivity contribution in [2.45, 2.75) is 32.2 Å². The van der Waals surface area contributed by atoms with Crippen LogP contribution < -0.4 is 5.32 Å². The predicted molar refractivity (Wildman–Crippen MR) is 103 cm³/mol. The molecule has 28 heavy (non-hydrogen) atoms. The first-order chi connectivity index (χ1) is 13.7. The van der Waals surface area contributed by atoms with Crippen LogP contribution in [0.2, 0.25) is 0 Å². The van der Waals surface area contributed by atoms with Crippen molar-refractivity contribution < 1.29 is 14.1 Å². The van der Waals surface area contributed by atoms with Gasteiger partial charge >= 0.3 is 0 Å². The van der Waals surface area contributed by atoms with E-state index in [0.29, 0.717) is 31.2 Å². The Hall–Kier alpha value is -2.65. The minimum absolute atomic E-state index is 0.000697. The molecule has 1 aliphatic rings. The number of amides is 1. The zero-order valence-electron chi connectivity index (χ0n) is 15.6. The molecule has 1 unspecified atom stereocenters. The largest absolute Gasteiger partial charge is 0.384 e. The number of hydrogen-bond donors (Lipinski definition) is 1. The monoisotopic (exact) mass is 399 g/mol. The first-order valence-electron chi connectivity index (χ1n) is 9.20. The molecule has 0 fully saturated rings. The molecule has 3 aromatic heterocycles. The van der Waals surface area contributed by atoms with E-state index in [-0.39, 0.29) is 18.4 Å². The van der Waals surface area contributed by atoms with Crippen molar-refractivity contribution in [1.29, 1.82) is 0 Å². The van der Waals surface area contributed by atoms with Crippen LogP contribution in [0.3, 0.4) is 0 Å². The van der Waals surface area contributed by atoms with Crippen molar-refractivity contribution >= 4 is 17.2 Å². The summed E-state index contributed by atoms with van der Waals surface area (Å²) >= 11 is 1.71. The van der Waals surface area contributed by atoms with Gasteiger partial charge in [0.2, 0.25) is 11.8 Å². The maximum atomic E-state index is 12.6. The second-order valence-corrected chi connectivity index (χ2v) is 7.71. The minimum atomic E-state index is -0.0872. The Bertz CT molecular complexity index is 940. The highest BCUT2D eigenvalue weighted by Crippen LogP contribution is 2.34. The summed E-state index contributed by atoms with van der Waals surface area (Å²) in [6, 6.07) is 3.92. The number of thiazole rings is 1. The van der Waals surface area contributed by atoms with Gasteiger partial charge in [0.1, 0.15) is 5.01 Å². The molecule has 0 bridgehead atoms. The summed E-state index contributed by atoms with van der Waals surface area (Å²) in [5, 5.41) is 7.77. The van der Waals surface area contributed by atoms with Crippen LogP contribution in [-0.4, -0.2) is 39.7 Å². The Balaban J connectivity index is 1.34. The van der Waals surface area contributed by atoms with Gasteiger partial charge in [-0.1, -0.05) is 5.16 Å². The number of ether oxygens (including phenoxy) is 1. The quantitative estimate of drug-likeness (QED) is 0.649. The summed E-state index contributed by atoms with van der Waals surface area (Å²) in [6.45, 7) is 0.770. The van der Waals surface area contributed by atoms with Crippen LogP contribution in [0.5, 0.6) is 0 Å². The highest BCUT2D eigenvalue weighted by atomic mass is 32.1. The van der Waals surface area contributed by atoms with Gasteiger partial charge in [0.15, 0.2) is 5.82 Å². The van der Waals surface area contributed by atoms with Crippen LogP contribution in [0.1, 0.15) is 28.7 Å². The molecular weight excluding hydrogens is 378 g/mol. The lowest BCUT2D eigenvalue weighted by Crippen LogP contribution is -2.33. The first kappa shape index (κ1) is 18.7. The van der Waals surface area contributed by atoms with E-state index in [0.717, 1.165) is 29.1 Å². The van der Waals surface area contributed by atoms with E-state index in [1.54, 1.807) is 30.8 Å². The lowest BCUT2D eigenvalue weighted by Gasteiger charge is -2.19. The highest BCUT2D eigenvalue weighted by molar-refractivity contribution is 7.15. The number of nitrogens with zero attached hydrogens (tertiary/aromatic N) is 4. The van der Waals surface area contributed by atoms with Crippen LogP contribution in [0.25, 0.3) is 10.6 Å². The summed E-state index contributed by atoms with van der Waals surface area (Å²) in [4.78, 5) is 26.9. The maximum Gasteiger partial charge on any atom is 0.246 e. The topological polar surface area (TPSA) is 103 Å². The van der Waals surface area contributed by atoms with Crippen molar-refractivity contribution in [2.75, 3.05) is 13.7 Å². The molecule has 1 amide bonds. The van der Waals surface area contributed by atoms with Gasteiger partial charge in [0.25, 0.3) is 0 Å². The Morgan fingerprint density at radius 1 is 1.36 bits per heavy atom. The molecule has 0 spiro atoms. The molecule has 1 atom stereocenters. The van der Waals surface area contributed by atoms with Gasteiger partial charge in [-0.3, -0.25) is 9.78 Å². The van der Waals surface area contributed by atoms with Gasteiger partial charge in [0, 0.05) is 48.7 Å². The third kappa shape index (κ3) is 4.26. The average molecular weight is 399 g/mol. The molecule has 0 saturated carbocycles. The van der Waals surface area contributed by atoms with Crippen LogP contribution in [0, 0.1) is 5.92 Å². The summed E-state index contributed by atoms with van der Waals surface area (Å²) < 4.78 is 10.2. The van der Waals surface area contributed by atoms with E-state index >= 15 is 0 Å². The number of aryl methyl sites for hydroxylation is 1. The molecule has 0 aromatic carbocycles. The maximum absolute atomic E-state index is 12.6. The third-order valence-electron chi connectivity index (χ3n) is 4.69. The standard InChI is InChI=1S/C19H21N5O3S/c1-26-9-6-16-23-17(27-24-16)11-21-18(25)13-2-3-15-14(10-13)22-19(28-15)12-4-7-20-8-5-12/h4-5,7-8,13H,2-3,6,9-11H2,1H3,(H,21,25). The molecule has 9 heteroatoms. The third-order valence-corrected chi connectivity index (χ3v) is 5.90. The summed E-state index contributed by atoms with van der Waals surface area (Å²) in [5.41, 5.74) is 2.10. The summed E-state index contributed by atoms with van der Waals surface area (Å²) in [7, 11) is 1.62. The smallest absolute Gasteiger partial charge is 0.246 e. The van der Waals surface area contributed by atoms with Crippen molar-refractivity contribution in [2.24, 2.45) is 5.92 Å². The Kier molecular flexibility index (Phi) is 5.73. The van der Waals surface area contributed by atoms with Crippen molar-refractivity contribution in [3.8, 4) is 10.6 Å². The predicted octanol–water partition coefficient (Wildman–Crippen LogP) is 2.20. The number of aromatic nitrogens is 4. The Morgan fingerprint density at radius 3 is 3.04 bits per heavy atom. The first-order valence-corrected chi connectivity index (χ1v) is 10.0. The lowest BCUT2D eigenvalue weighted by molar-refractivity contribution is -0.125. The zero-order chi connectivity index (χ0) is 19.3. The van der Waals surface area contributed by atoms with E-state index in [1.165, 1.54) is 4.88 Å². The van der Waals surface area contributed by atoms with Crippen LogP contribution >= 0.6 is 11.3 Å². The van der Waals surface area contributed by atoms with Gasteiger partial charge in [-0.2, -0.15) is 4.98 Å². The number of pyridine rings is 1. The SMILES string of the molecule is COCCc1noc(CNC(=O)C2CCc3sc(-c4ccncc4)nc3C2)n1. The van der Waals surface area contributed by atoms with E-state index < -0.39 is 0 Å². The van der Waals surface area contributed by atoms with E-state index in [4.69, 9.17) is 14.2 Å². The normalized spacial score (nSPS) is 16.0. The number of fused-ring (bicyclic) bond motifs is 1. The highest BCUT2D eigenvalue weighted by Gasteiger charge is 2.28. The van der Waals surface area contributed by atoms with E-state index in [1.807, 2.05) is 12.1 Å². The number of rotatable bonds is 7. The second-order valence-electron chi connectivity index (χ2n) is 6.63. The zero-order valence-corrected chi connectivity index (χ0v) is 16.4. The van der Waals surface area contributed by atoms with Gasteiger partial charge in [0.05, 0.1) is 18.8 Å². The van der Waals surface area contributed by atoms with E-state index in [9.17, 15) is 4.79 Å². The average Bonchev–Trinajstić information content (AvgIpc) is 3.37. The number of carbonyl (C=O) groups is 1. The van der Waals surface area contributed by atoms with Gasteiger partial charge < -0.3 is 14.6 Å². The second kappa shape index (κ2) is 8.57. The summed E-state index contributed by atoms with van der Waals surface area (Å²) in [5.74, 6) is 0.903. The van der Waals surface area contributed by atoms with Gasteiger partial charge in [-0.15, -0.1) is 11.3 Å². The molecule has 0 aliphatic heterocycles. The molecule has 1 aliphatic carbocycles. The van der Waals surface area contributed by atoms with Crippen LogP contribution in [0.4, 0.5) is 0 Å². The van der Waals surface area contributed by atoms with Crippen molar-refractivity contribution in [1.82, 2.24) is 25.4 Å². The lowest BCUT2D eigenvalue weighted by atomic mass is 9.90. The fourth-order valence-electron chi connectivity index (χ4n) is 3.18. The molecule has 1 N–H and O–H groups in total. The molecule has 3 heterocycles. The van der Waals surface area contributed by atoms with Crippen molar-refractivity contribution in [3.05, 3.63) is 46.8 Å². The number of nitrogens with one attached hydrogen (secondary N) is 1. The molecule has 0 saturated heterocycles. The molecule has 146 valence electrons. The Labute approximate surface area is 166 Å². The van der Waals surface area contributed by atoms with Gasteiger partial charge in [-0.25, -0.2) is 4.98 Å². The molecule has 0 radical (unpaired) electrons. The van der Waals surface area contributed by atoms with Crippen LogP contribution in [0.15, 0.2) is 29.0 Å². The van der Waals surface area contributed by atoms with Gasteiger partial charge in [-0.05, 0) is 25.0 Å². The fourth-order valence-corrected chi connectivity index (χ4v) is 4.29. The molecule has 8 nitrogen and oxygen atoms in total. The molecular formula is C19H21N5O3S. The van der Waals surface area contributed by atoms with Crippen molar-refractivity contribution in [3.63, 3.8) is 0 Å². The number of hydrogen-bond acceptors (Lipinski definition) is 8. The van der Waals surface area contributed by atoms with E-state index in [2.05, 4.69) is 20.4 Å². The fraction of sp³-hybridized carbons (Fsp3) is 0.421. The molecule has 3 aromatic rings. The minimum Gasteiger partial charge on any atom is -0.384 e. The number of carbonyl (C=O) groups excluding carboxylic acids is 1.